The van der Waals surface area contributed by atoms with Crippen LogP contribution < -0.4 is 5.32 Å². The number of benzene rings is 1. The second-order valence-corrected chi connectivity index (χ2v) is 5.26. The van der Waals surface area contributed by atoms with E-state index >= 15 is 0 Å². The van der Waals surface area contributed by atoms with E-state index in [1.807, 2.05) is 0 Å². The lowest BCUT2D eigenvalue weighted by Gasteiger charge is -2.25. The quantitative estimate of drug-likeness (QED) is 0.900. The third kappa shape index (κ3) is 4.51. The van der Waals surface area contributed by atoms with Gasteiger partial charge in [-0.3, -0.25) is 14.5 Å². The fourth-order valence-corrected chi connectivity index (χ4v) is 1.86. The summed E-state index contributed by atoms with van der Waals surface area (Å²) in [5.74, 6) is -0.253. The Kier molecular flexibility index (Phi) is 5.98. The van der Waals surface area contributed by atoms with Crippen LogP contribution in [0.4, 0.5) is 5.69 Å². The van der Waals surface area contributed by atoms with Gasteiger partial charge in [0.2, 0.25) is 11.8 Å². The number of likely N-dealkylation sites (N-methyl/N-ethyl adjacent to an activating group) is 2. The molecule has 1 rings (SSSR count). The molecule has 20 heavy (non-hydrogen) atoms. The molecule has 0 aliphatic heterocycles. The first-order valence-electron chi connectivity index (χ1n) is 6.28. The van der Waals surface area contributed by atoms with Crippen LogP contribution in [0.25, 0.3) is 0 Å². The van der Waals surface area contributed by atoms with Gasteiger partial charge in [-0.25, -0.2) is 0 Å². The minimum atomic E-state index is -0.359. The van der Waals surface area contributed by atoms with Gasteiger partial charge < -0.3 is 10.2 Å². The van der Waals surface area contributed by atoms with Crippen molar-refractivity contribution in [3.05, 3.63) is 29.3 Å². The molecule has 1 atom stereocenters. The van der Waals surface area contributed by atoms with E-state index in [-0.39, 0.29) is 24.4 Å². The van der Waals surface area contributed by atoms with Crippen LogP contribution in [0.1, 0.15) is 6.92 Å². The molecule has 1 N–H and O–H groups in total. The van der Waals surface area contributed by atoms with Crippen molar-refractivity contribution in [2.75, 3.05) is 33.0 Å². The third-order valence-electron chi connectivity index (χ3n) is 3.00. The largest absolute Gasteiger partial charge is 0.347 e. The van der Waals surface area contributed by atoms with Gasteiger partial charge in [-0.15, -0.1) is 0 Å². The van der Waals surface area contributed by atoms with Crippen molar-refractivity contribution in [1.29, 1.82) is 0 Å². The van der Waals surface area contributed by atoms with Crippen LogP contribution in [-0.4, -0.2) is 55.3 Å². The van der Waals surface area contributed by atoms with Crippen molar-refractivity contribution in [3.63, 3.8) is 0 Å². The summed E-state index contributed by atoms with van der Waals surface area (Å²) in [5, 5.41) is 3.21. The van der Waals surface area contributed by atoms with Gasteiger partial charge in [-0.05, 0) is 26.1 Å². The van der Waals surface area contributed by atoms with E-state index in [0.29, 0.717) is 10.7 Å². The fourth-order valence-electron chi connectivity index (χ4n) is 1.68. The van der Waals surface area contributed by atoms with Gasteiger partial charge >= 0.3 is 0 Å². The van der Waals surface area contributed by atoms with E-state index in [2.05, 4.69) is 5.32 Å². The summed E-state index contributed by atoms with van der Waals surface area (Å²) in [7, 11) is 5.12. The Bertz CT molecular complexity index is 491. The first-order valence-corrected chi connectivity index (χ1v) is 6.66. The lowest BCUT2D eigenvalue weighted by atomic mass is 10.2. The van der Waals surface area contributed by atoms with Crippen molar-refractivity contribution in [2.24, 2.45) is 0 Å². The topological polar surface area (TPSA) is 52.7 Å². The minimum absolute atomic E-state index is 0.0435. The highest BCUT2D eigenvalue weighted by atomic mass is 35.5. The maximum atomic E-state index is 11.9. The maximum Gasteiger partial charge on any atom is 0.239 e. The smallest absolute Gasteiger partial charge is 0.239 e. The molecule has 5 nitrogen and oxygen atoms in total. The molecule has 0 heterocycles. The highest BCUT2D eigenvalue weighted by molar-refractivity contribution is 6.33. The second-order valence-electron chi connectivity index (χ2n) is 4.85. The number of carbonyl (C=O) groups excluding carboxylic acids is 2. The lowest BCUT2D eigenvalue weighted by molar-refractivity contribution is -0.133. The molecular weight excluding hydrogens is 278 g/mol. The van der Waals surface area contributed by atoms with E-state index in [4.69, 9.17) is 11.6 Å². The van der Waals surface area contributed by atoms with Crippen LogP contribution in [0.3, 0.4) is 0 Å². The molecule has 1 aromatic carbocycles. The zero-order valence-electron chi connectivity index (χ0n) is 12.2. The molecule has 0 radical (unpaired) electrons. The van der Waals surface area contributed by atoms with Crippen molar-refractivity contribution in [2.45, 2.75) is 13.0 Å². The molecule has 0 aromatic heterocycles. The van der Waals surface area contributed by atoms with Crippen molar-refractivity contribution >= 4 is 29.1 Å². The number of hydrogen-bond donors (Lipinski definition) is 1. The maximum absolute atomic E-state index is 11.9. The predicted octanol–water partition coefficient (Wildman–Crippen LogP) is 1.69. The van der Waals surface area contributed by atoms with Gasteiger partial charge in [-0.1, -0.05) is 23.7 Å². The number of halogens is 1. The molecule has 1 aromatic rings. The van der Waals surface area contributed by atoms with Crippen LogP contribution in [0.5, 0.6) is 0 Å². The summed E-state index contributed by atoms with van der Waals surface area (Å²) in [6, 6.07) is 6.67. The molecule has 0 bridgehead atoms. The molecule has 0 aliphatic rings. The van der Waals surface area contributed by atoms with E-state index in [9.17, 15) is 9.59 Å². The van der Waals surface area contributed by atoms with Crippen LogP contribution in [0.15, 0.2) is 24.3 Å². The number of hydrogen-bond acceptors (Lipinski definition) is 3. The Hall–Kier alpha value is -1.59. The van der Waals surface area contributed by atoms with Gasteiger partial charge in [-0.2, -0.15) is 0 Å². The van der Waals surface area contributed by atoms with E-state index in [1.54, 1.807) is 57.2 Å². The first kappa shape index (κ1) is 16.5. The lowest BCUT2D eigenvalue weighted by Crippen LogP contribution is -2.45. The molecule has 0 aliphatic carbocycles. The van der Waals surface area contributed by atoms with Crippen molar-refractivity contribution in [1.82, 2.24) is 9.80 Å². The predicted molar refractivity (Wildman–Crippen MR) is 80.9 cm³/mol. The van der Waals surface area contributed by atoms with E-state index < -0.39 is 0 Å². The van der Waals surface area contributed by atoms with Gasteiger partial charge in [0.1, 0.15) is 0 Å². The number of para-hydroxylation sites is 1. The zero-order valence-corrected chi connectivity index (χ0v) is 12.9. The Morgan fingerprint density at radius 1 is 1.25 bits per heavy atom. The monoisotopic (exact) mass is 297 g/mol. The van der Waals surface area contributed by atoms with Crippen LogP contribution in [0.2, 0.25) is 5.02 Å². The summed E-state index contributed by atoms with van der Waals surface area (Å²) in [5.41, 5.74) is 0.569. The summed E-state index contributed by atoms with van der Waals surface area (Å²) < 4.78 is 0. The zero-order chi connectivity index (χ0) is 15.3. The highest BCUT2D eigenvalue weighted by Gasteiger charge is 2.21. The van der Waals surface area contributed by atoms with Gasteiger partial charge in [0.05, 0.1) is 23.3 Å². The SMILES string of the molecule is C[C@@H](C(=O)N(C)C)N(C)CC(=O)Nc1ccccc1Cl. The number of nitrogens with one attached hydrogen (secondary N) is 1. The summed E-state index contributed by atoms with van der Waals surface area (Å²) in [6.45, 7) is 1.89. The van der Waals surface area contributed by atoms with E-state index in [0.717, 1.165) is 0 Å². The minimum Gasteiger partial charge on any atom is -0.347 e. The first-order chi connectivity index (χ1) is 9.32. The number of rotatable bonds is 5. The van der Waals surface area contributed by atoms with Crippen molar-refractivity contribution in [3.8, 4) is 0 Å². The summed E-state index contributed by atoms with van der Waals surface area (Å²) in [4.78, 5) is 26.9. The second kappa shape index (κ2) is 7.26. The number of nitrogens with zero attached hydrogens (tertiary/aromatic N) is 2. The number of anilines is 1. The van der Waals surface area contributed by atoms with Crippen LogP contribution >= 0.6 is 11.6 Å². The van der Waals surface area contributed by atoms with Gasteiger partial charge in [0.25, 0.3) is 0 Å². The van der Waals surface area contributed by atoms with Crippen LogP contribution in [-0.2, 0) is 9.59 Å². The molecule has 0 spiro atoms. The standard InChI is InChI=1S/C14H20ClN3O2/c1-10(14(20)17(2)3)18(4)9-13(19)16-12-8-6-5-7-11(12)15/h5-8,10H,9H2,1-4H3,(H,16,19)/t10-/m0/s1. The number of carbonyl (C=O) groups is 2. The molecule has 0 saturated carbocycles. The molecule has 6 heteroatoms. The summed E-state index contributed by atoms with van der Waals surface area (Å²) >= 11 is 5.97. The van der Waals surface area contributed by atoms with Gasteiger partial charge in [0, 0.05) is 14.1 Å². The van der Waals surface area contributed by atoms with Crippen molar-refractivity contribution < 1.29 is 9.59 Å². The molecule has 110 valence electrons. The fraction of sp³-hybridized carbons (Fsp3) is 0.429. The third-order valence-corrected chi connectivity index (χ3v) is 3.33. The molecule has 0 saturated heterocycles. The molecule has 0 unspecified atom stereocenters. The van der Waals surface area contributed by atoms with Crippen LogP contribution in [0, 0.1) is 0 Å². The average molecular weight is 298 g/mol. The Morgan fingerprint density at radius 3 is 2.40 bits per heavy atom. The Morgan fingerprint density at radius 2 is 1.85 bits per heavy atom. The Balaban J connectivity index is 2.58. The van der Waals surface area contributed by atoms with E-state index in [1.165, 1.54) is 4.90 Å². The molecule has 2 amide bonds. The molecular formula is C14H20ClN3O2. The highest BCUT2D eigenvalue weighted by Crippen LogP contribution is 2.20. The Labute approximate surface area is 124 Å². The average Bonchev–Trinajstić information content (AvgIpc) is 2.39. The molecule has 0 fully saturated rings. The summed E-state index contributed by atoms with van der Waals surface area (Å²) in [6.07, 6.45) is 0. The normalized spacial score (nSPS) is 12.1. The van der Waals surface area contributed by atoms with Gasteiger partial charge in [0.15, 0.2) is 0 Å². The number of amides is 2.